The monoisotopic (exact) mass is 272 g/mol. The second kappa shape index (κ2) is 8.20. The zero-order chi connectivity index (χ0) is 15.0. The van der Waals surface area contributed by atoms with Gasteiger partial charge < -0.3 is 26.5 Å². The first-order valence-corrected chi connectivity index (χ1v) is 5.87. The van der Waals surface area contributed by atoms with Crippen LogP contribution in [-0.4, -0.2) is 48.7 Å². The zero-order valence-electron chi connectivity index (χ0n) is 11.2. The van der Waals surface area contributed by atoms with Crippen LogP contribution >= 0.6 is 0 Å². The summed E-state index contributed by atoms with van der Waals surface area (Å²) in [7, 11) is 0. The maximum atomic E-state index is 11.6. The molecular weight excluding hydrogens is 252 g/mol. The molecule has 0 aromatic heterocycles. The first-order valence-electron chi connectivity index (χ1n) is 5.87. The molecule has 0 heterocycles. The van der Waals surface area contributed by atoms with E-state index < -0.39 is 35.8 Å². The van der Waals surface area contributed by atoms with Crippen molar-refractivity contribution in [3.05, 3.63) is 0 Å². The highest BCUT2D eigenvalue weighted by atomic mass is 16.2. The van der Waals surface area contributed by atoms with Gasteiger partial charge in [0.1, 0.15) is 18.4 Å². The van der Waals surface area contributed by atoms with Gasteiger partial charge in [-0.1, -0.05) is 0 Å². The van der Waals surface area contributed by atoms with E-state index in [1.54, 1.807) is 0 Å². The first-order chi connectivity index (χ1) is 8.81. The first kappa shape index (κ1) is 17.0. The molecule has 108 valence electrons. The van der Waals surface area contributed by atoms with Crippen molar-refractivity contribution in [1.82, 2.24) is 16.0 Å². The van der Waals surface area contributed by atoms with Crippen LogP contribution < -0.4 is 21.7 Å². The Bertz CT molecular complexity index is 359. The van der Waals surface area contributed by atoms with Crippen molar-refractivity contribution in [2.75, 3.05) is 6.54 Å². The molecule has 0 unspecified atom stereocenters. The van der Waals surface area contributed by atoms with Crippen molar-refractivity contribution < 1.29 is 19.2 Å². The maximum absolute atomic E-state index is 11.6. The fourth-order valence-electron chi connectivity index (χ4n) is 1.15. The third-order valence-corrected chi connectivity index (χ3v) is 2.28. The number of aldehydes is 1. The molecule has 0 aliphatic carbocycles. The molecular formula is C11H20N4O4. The van der Waals surface area contributed by atoms with Crippen LogP contribution in [0.5, 0.6) is 0 Å². The number of hydrogen-bond donors (Lipinski definition) is 4. The Balaban J connectivity index is 4.27. The highest BCUT2D eigenvalue weighted by Crippen LogP contribution is 1.88. The molecule has 0 radical (unpaired) electrons. The van der Waals surface area contributed by atoms with Crippen LogP contribution in [0.25, 0.3) is 0 Å². The minimum atomic E-state index is -0.813. The van der Waals surface area contributed by atoms with Gasteiger partial charge in [-0.25, -0.2) is 0 Å². The Morgan fingerprint density at radius 1 is 1.00 bits per heavy atom. The van der Waals surface area contributed by atoms with Crippen molar-refractivity contribution in [2.24, 2.45) is 5.73 Å². The van der Waals surface area contributed by atoms with Crippen molar-refractivity contribution in [2.45, 2.75) is 38.9 Å². The molecule has 8 heteroatoms. The highest BCUT2D eigenvalue weighted by molar-refractivity contribution is 5.92. The molecule has 3 amide bonds. The smallest absolute Gasteiger partial charge is 0.242 e. The van der Waals surface area contributed by atoms with Crippen molar-refractivity contribution in [3.8, 4) is 0 Å². The Morgan fingerprint density at radius 2 is 1.47 bits per heavy atom. The molecule has 0 saturated heterocycles. The van der Waals surface area contributed by atoms with Crippen LogP contribution in [0.4, 0.5) is 0 Å². The topological polar surface area (TPSA) is 130 Å². The van der Waals surface area contributed by atoms with Gasteiger partial charge in [0.15, 0.2) is 0 Å². The molecule has 0 aliphatic heterocycles. The van der Waals surface area contributed by atoms with Crippen molar-refractivity contribution >= 4 is 24.0 Å². The Hall–Kier alpha value is -1.96. The number of nitrogens with two attached hydrogens (primary N) is 1. The fraction of sp³-hybridized carbons (Fsp3) is 0.636. The summed E-state index contributed by atoms with van der Waals surface area (Å²) in [4.78, 5) is 44.6. The lowest BCUT2D eigenvalue weighted by atomic mass is 10.2. The number of rotatable bonds is 7. The summed E-state index contributed by atoms with van der Waals surface area (Å²) in [6.45, 7) is 4.25. The lowest BCUT2D eigenvalue weighted by Gasteiger charge is -2.18. The molecule has 0 aromatic carbocycles. The normalized spacial score (nSPS) is 14.7. The number of carbonyl (C=O) groups is 4. The quantitative estimate of drug-likeness (QED) is 0.386. The van der Waals surface area contributed by atoms with Gasteiger partial charge in [0.25, 0.3) is 0 Å². The van der Waals surface area contributed by atoms with E-state index in [1.807, 2.05) is 0 Å². The van der Waals surface area contributed by atoms with E-state index in [0.29, 0.717) is 6.29 Å². The molecule has 3 atom stereocenters. The molecule has 8 nitrogen and oxygen atoms in total. The average molecular weight is 272 g/mol. The Kier molecular flexibility index (Phi) is 7.35. The molecule has 0 bridgehead atoms. The van der Waals surface area contributed by atoms with Gasteiger partial charge in [-0.3, -0.25) is 14.4 Å². The molecule has 0 saturated carbocycles. The Morgan fingerprint density at radius 3 is 1.95 bits per heavy atom. The second-order valence-corrected chi connectivity index (χ2v) is 4.16. The van der Waals surface area contributed by atoms with Crippen molar-refractivity contribution in [1.29, 1.82) is 0 Å². The minimum absolute atomic E-state index is 0.218. The van der Waals surface area contributed by atoms with Gasteiger partial charge >= 0.3 is 0 Å². The van der Waals surface area contributed by atoms with Crippen LogP contribution in [0.3, 0.4) is 0 Å². The van der Waals surface area contributed by atoms with E-state index in [-0.39, 0.29) is 6.54 Å². The summed E-state index contributed by atoms with van der Waals surface area (Å²) in [5, 5.41) is 7.17. The van der Waals surface area contributed by atoms with Gasteiger partial charge in [0.2, 0.25) is 17.7 Å². The van der Waals surface area contributed by atoms with Crippen LogP contribution in [0.15, 0.2) is 0 Å². The third-order valence-electron chi connectivity index (χ3n) is 2.28. The fourth-order valence-corrected chi connectivity index (χ4v) is 1.15. The Labute approximate surface area is 111 Å². The van der Waals surface area contributed by atoms with Gasteiger partial charge in [-0.2, -0.15) is 0 Å². The molecule has 0 rings (SSSR count). The molecule has 5 N–H and O–H groups in total. The SMILES string of the molecule is C[C@H](NC(=O)CN)C(=O)N[C@@H](C)C(=O)N[C@@H](C)C=O. The molecule has 0 aliphatic rings. The highest BCUT2D eigenvalue weighted by Gasteiger charge is 2.21. The lowest BCUT2D eigenvalue weighted by Crippen LogP contribution is -2.53. The van der Waals surface area contributed by atoms with Crippen LogP contribution in [0, 0.1) is 0 Å². The van der Waals surface area contributed by atoms with Crippen LogP contribution in [0.2, 0.25) is 0 Å². The summed E-state index contributed by atoms with van der Waals surface area (Å²) in [6, 6.07) is -2.23. The zero-order valence-corrected chi connectivity index (χ0v) is 11.2. The van der Waals surface area contributed by atoms with Gasteiger partial charge in [0.05, 0.1) is 12.6 Å². The van der Waals surface area contributed by atoms with E-state index in [2.05, 4.69) is 16.0 Å². The number of carbonyl (C=O) groups excluding carboxylic acids is 4. The standard InChI is InChI=1S/C11H20N4O4/c1-6(5-16)13-10(18)8(3)15-11(19)7(2)14-9(17)4-12/h5-8H,4,12H2,1-3H3,(H,13,18)(H,14,17)(H,15,19)/t6-,7-,8-/m0/s1. The largest absolute Gasteiger partial charge is 0.345 e. The predicted molar refractivity (Wildman–Crippen MR) is 67.9 cm³/mol. The summed E-state index contributed by atoms with van der Waals surface area (Å²) >= 11 is 0. The molecule has 19 heavy (non-hydrogen) atoms. The molecule has 0 aromatic rings. The van der Waals surface area contributed by atoms with E-state index in [4.69, 9.17) is 5.73 Å². The summed E-state index contributed by atoms with van der Waals surface area (Å²) in [5.41, 5.74) is 5.10. The minimum Gasteiger partial charge on any atom is -0.345 e. The van der Waals surface area contributed by atoms with Crippen LogP contribution in [-0.2, 0) is 19.2 Å². The molecule has 0 spiro atoms. The van der Waals surface area contributed by atoms with Crippen molar-refractivity contribution in [3.63, 3.8) is 0 Å². The van der Waals surface area contributed by atoms with E-state index in [1.165, 1.54) is 20.8 Å². The lowest BCUT2D eigenvalue weighted by molar-refractivity contribution is -0.131. The van der Waals surface area contributed by atoms with Crippen LogP contribution in [0.1, 0.15) is 20.8 Å². The summed E-state index contributed by atoms with van der Waals surface area (Å²) in [5.74, 6) is -1.46. The van der Waals surface area contributed by atoms with Gasteiger partial charge in [-0.05, 0) is 20.8 Å². The summed E-state index contributed by atoms with van der Waals surface area (Å²) in [6.07, 6.45) is 0.580. The summed E-state index contributed by atoms with van der Waals surface area (Å²) < 4.78 is 0. The third kappa shape index (κ3) is 6.51. The number of hydrogen-bond acceptors (Lipinski definition) is 5. The van der Waals surface area contributed by atoms with E-state index in [0.717, 1.165) is 0 Å². The van der Waals surface area contributed by atoms with Gasteiger partial charge in [0, 0.05) is 0 Å². The molecule has 0 fully saturated rings. The predicted octanol–water partition coefficient (Wildman–Crippen LogP) is -2.34. The van der Waals surface area contributed by atoms with E-state index >= 15 is 0 Å². The average Bonchev–Trinajstić information content (AvgIpc) is 2.37. The number of nitrogens with one attached hydrogen (secondary N) is 3. The maximum Gasteiger partial charge on any atom is 0.242 e. The second-order valence-electron chi connectivity index (χ2n) is 4.16. The number of amides is 3. The van der Waals surface area contributed by atoms with Gasteiger partial charge in [-0.15, -0.1) is 0 Å². The van der Waals surface area contributed by atoms with E-state index in [9.17, 15) is 19.2 Å².